The number of likely N-dealkylation sites (tertiary alicyclic amines) is 1. The number of hydrogen-bond donors (Lipinski definition) is 1. The number of benzene rings is 1. The summed E-state index contributed by atoms with van der Waals surface area (Å²) >= 11 is 0. The van der Waals surface area contributed by atoms with E-state index in [4.69, 9.17) is 4.74 Å². The maximum absolute atomic E-state index is 13.6. The molecule has 1 heterocycles. The SMILES string of the molecule is CC1(C)C[C@H]2C[C@@](C)(CN2C[C@H](O)COCc2ccccc2F)C1. The maximum atomic E-state index is 13.6. The Balaban J connectivity index is 1.47. The van der Waals surface area contributed by atoms with E-state index in [9.17, 15) is 9.50 Å². The number of nitrogens with zero attached hydrogens (tertiary/aromatic N) is 1. The lowest BCUT2D eigenvalue weighted by Crippen LogP contribution is -2.39. The van der Waals surface area contributed by atoms with Gasteiger partial charge >= 0.3 is 0 Å². The minimum absolute atomic E-state index is 0.206. The number of fused-ring (bicyclic) bond motifs is 2. The van der Waals surface area contributed by atoms with Crippen LogP contribution in [0.1, 0.15) is 45.6 Å². The molecule has 3 atom stereocenters. The van der Waals surface area contributed by atoms with Gasteiger partial charge in [0.1, 0.15) is 5.82 Å². The van der Waals surface area contributed by atoms with Gasteiger partial charge in [-0.1, -0.05) is 39.0 Å². The van der Waals surface area contributed by atoms with Gasteiger partial charge in [-0.15, -0.1) is 0 Å². The zero-order valence-corrected chi connectivity index (χ0v) is 15.1. The fourth-order valence-corrected chi connectivity index (χ4v) is 5.03. The zero-order valence-electron chi connectivity index (χ0n) is 15.1. The molecule has 1 aromatic rings. The normalized spacial score (nSPS) is 30.5. The van der Waals surface area contributed by atoms with Crippen LogP contribution in [-0.4, -0.2) is 41.8 Å². The molecule has 1 N–H and O–H groups in total. The van der Waals surface area contributed by atoms with Crippen molar-refractivity contribution < 1.29 is 14.2 Å². The van der Waals surface area contributed by atoms with E-state index in [1.807, 2.05) is 0 Å². The van der Waals surface area contributed by atoms with Crippen molar-refractivity contribution in [3.05, 3.63) is 35.6 Å². The topological polar surface area (TPSA) is 32.7 Å². The molecule has 3 rings (SSSR count). The Morgan fingerprint density at radius 1 is 1.29 bits per heavy atom. The molecule has 1 aliphatic carbocycles. The standard InChI is InChI=1S/C20H30FNO2/c1-19(2)8-16-9-20(3,13-19)14-22(16)10-17(23)12-24-11-15-6-4-5-7-18(15)21/h4-7,16-17,23H,8-14H2,1-3H3/t16-,17-,20+/m0/s1. The highest BCUT2D eigenvalue weighted by Crippen LogP contribution is 2.52. The van der Waals surface area contributed by atoms with Crippen molar-refractivity contribution in [2.75, 3.05) is 19.7 Å². The van der Waals surface area contributed by atoms with Crippen molar-refractivity contribution in [1.29, 1.82) is 0 Å². The van der Waals surface area contributed by atoms with Crippen molar-refractivity contribution in [2.24, 2.45) is 10.8 Å². The van der Waals surface area contributed by atoms with Crippen LogP contribution in [0.5, 0.6) is 0 Å². The lowest BCUT2D eigenvalue weighted by atomic mass is 9.65. The third-order valence-corrected chi connectivity index (χ3v) is 5.49. The molecule has 0 aromatic heterocycles. The predicted octanol–water partition coefficient (Wildman–Crippen LogP) is 3.60. The van der Waals surface area contributed by atoms with Crippen LogP contribution >= 0.6 is 0 Å². The summed E-state index contributed by atoms with van der Waals surface area (Å²) in [5.74, 6) is -0.254. The summed E-state index contributed by atoms with van der Waals surface area (Å²) < 4.78 is 19.1. The number of halogens is 1. The third kappa shape index (κ3) is 4.16. The van der Waals surface area contributed by atoms with Gasteiger partial charge in [-0.3, -0.25) is 4.90 Å². The van der Waals surface area contributed by atoms with Crippen molar-refractivity contribution in [1.82, 2.24) is 4.90 Å². The van der Waals surface area contributed by atoms with Gasteiger partial charge < -0.3 is 9.84 Å². The Hall–Kier alpha value is -0.970. The summed E-state index contributed by atoms with van der Waals surface area (Å²) in [5, 5.41) is 10.3. The van der Waals surface area contributed by atoms with Crippen LogP contribution in [0.4, 0.5) is 4.39 Å². The largest absolute Gasteiger partial charge is 0.389 e. The third-order valence-electron chi connectivity index (χ3n) is 5.49. The fourth-order valence-electron chi connectivity index (χ4n) is 5.03. The quantitative estimate of drug-likeness (QED) is 0.862. The first kappa shape index (κ1) is 17.8. The van der Waals surface area contributed by atoms with Crippen LogP contribution in [0, 0.1) is 16.6 Å². The van der Waals surface area contributed by atoms with Crippen molar-refractivity contribution in [3.8, 4) is 0 Å². The molecular formula is C20H30FNO2. The van der Waals surface area contributed by atoms with E-state index >= 15 is 0 Å². The first-order valence-corrected chi connectivity index (χ1v) is 9.00. The minimum Gasteiger partial charge on any atom is -0.389 e. The predicted molar refractivity (Wildman–Crippen MR) is 93.2 cm³/mol. The Bertz CT molecular complexity index is 577. The summed E-state index contributed by atoms with van der Waals surface area (Å²) in [7, 11) is 0. The summed E-state index contributed by atoms with van der Waals surface area (Å²) in [6, 6.07) is 7.18. The summed E-state index contributed by atoms with van der Waals surface area (Å²) in [4.78, 5) is 2.44. The monoisotopic (exact) mass is 335 g/mol. The van der Waals surface area contributed by atoms with Gasteiger partial charge in [0.15, 0.2) is 0 Å². The summed E-state index contributed by atoms with van der Waals surface area (Å²) in [6.07, 6.45) is 3.17. The lowest BCUT2D eigenvalue weighted by molar-refractivity contribution is 0.00536. The fraction of sp³-hybridized carbons (Fsp3) is 0.700. The lowest BCUT2D eigenvalue weighted by Gasteiger charge is -2.40. The maximum Gasteiger partial charge on any atom is 0.128 e. The van der Waals surface area contributed by atoms with E-state index in [-0.39, 0.29) is 19.0 Å². The van der Waals surface area contributed by atoms with Crippen molar-refractivity contribution >= 4 is 0 Å². The average molecular weight is 335 g/mol. The average Bonchev–Trinajstić information content (AvgIpc) is 2.69. The Morgan fingerprint density at radius 2 is 2.04 bits per heavy atom. The summed E-state index contributed by atoms with van der Waals surface area (Å²) in [5.41, 5.74) is 1.30. The van der Waals surface area contributed by atoms with Gasteiger partial charge in [0.2, 0.25) is 0 Å². The second-order valence-electron chi connectivity index (χ2n) is 8.90. The molecule has 134 valence electrons. The van der Waals surface area contributed by atoms with Crippen molar-refractivity contribution in [3.63, 3.8) is 0 Å². The minimum atomic E-state index is -0.525. The van der Waals surface area contributed by atoms with Crippen LogP contribution < -0.4 is 0 Å². The molecule has 0 spiro atoms. The van der Waals surface area contributed by atoms with E-state index in [0.29, 0.717) is 29.0 Å². The Kier molecular flexibility index (Phi) is 5.01. The van der Waals surface area contributed by atoms with E-state index < -0.39 is 6.10 Å². The van der Waals surface area contributed by atoms with Crippen molar-refractivity contribution in [2.45, 2.75) is 58.8 Å². The molecule has 2 fully saturated rings. The Morgan fingerprint density at radius 3 is 2.79 bits per heavy atom. The number of ether oxygens (including phenoxy) is 1. The molecular weight excluding hydrogens is 305 g/mol. The van der Waals surface area contributed by atoms with E-state index in [0.717, 1.165) is 6.54 Å². The number of aliphatic hydroxyl groups is 1. The molecule has 1 aliphatic heterocycles. The number of hydrogen-bond acceptors (Lipinski definition) is 3. The van der Waals surface area contributed by atoms with E-state index in [2.05, 4.69) is 25.7 Å². The van der Waals surface area contributed by atoms with E-state index in [1.165, 1.54) is 25.3 Å². The molecule has 0 radical (unpaired) electrons. The molecule has 4 heteroatoms. The van der Waals surface area contributed by atoms with Crippen LogP contribution in [0.15, 0.2) is 24.3 Å². The second kappa shape index (κ2) is 6.74. The van der Waals surface area contributed by atoms with Gasteiger partial charge in [-0.05, 0) is 36.2 Å². The van der Waals surface area contributed by atoms with Crippen LogP contribution in [-0.2, 0) is 11.3 Å². The van der Waals surface area contributed by atoms with Crippen LogP contribution in [0.3, 0.4) is 0 Å². The molecule has 1 aromatic carbocycles. The molecule has 0 unspecified atom stereocenters. The van der Waals surface area contributed by atoms with Gasteiger partial charge in [-0.25, -0.2) is 4.39 Å². The molecule has 2 aliphatic rings. The number of rotatable bonds is 6. The smallest absolute Gasteiger partial charge is 0.128 e. The number of aliphatic hydroxyl groups excluding tert-OH is 1. The molecule has 1 saturated heterocycles. The molecule has 0 amide bonds. The Labute approximate surface area is 144 Å². The van der Waals surface area contributed by atoms with Gasteiger partial charge in [0.25, 0.3) is 0 Å². The highest BCUT2D eigenvalue weighted by Gasteiger charge is 2.49. The van der Waals surface area contributed by atoms with Crippen LogP contribution in [0.25, 0.3) is 0 Å². The first-order valence-electron chi connectivity index (χ1n) is 9.00. The van der Waals surface area contributed by atoms with Gasteiger partial charge in [-0.2, -0.15) is 0 Å². The molecule has 24 heavy (non-hydrogen) atoms. The van der Waals surface area contributed by atoms with E-state index in [1.54, 1.807) is 18.2 Å². The number of β-amino-alcohol motifs (C(OH)–C–C–N with tert-alkyl or cyclic N) is 1. The van der Waals surface area contributed by atoms with Crippen LogP contribution in [0.2, 0.25) is 0 Å². The zero-order chi connectivity index (χ0) is 17.4. The van der Waals surface area contributed by atoms with Gasteiger partial charge in [0, 0.05) is 24.7 Å². The summed E-state index contributed by atoms with van der Waals surface area (Å²) in [6.45, 7) is 9.25. The molecule has 1 saturated carbocycles. The second-order valence-corrected chi connectivity index (χ2v) is 8.90. The highest BCUT2D eigenvalue weighted by molar-refractivity contribution is 5.16. The molecule has 3 nitrogen and oxygen atoms in total. The van der Waals surface area contributed by atoms with Gasteiger partial charge in [0.05, 0.1) is 19.3 Å². The molecule has 2 bridgehead atoms. The highest BCUT2D eigenvalue weighted by atomic mass is 19.1. The first-order chi connectivity index (χ1) is 11.3.